The van der Waals surface area contributed by atoms with Crippen molar-refractivity contribution < 1.29 is 13.6 Å². The number of nitrogens with two attached hydrogens (primary N) is 1. The molecule has 0 bridgehead atoms. The topological polar surface area (TPSA) is 68.0 Å². The van der Waals surface area contributed by atoms with Crippen molar-refractivity contribution in [3.05, 3.63) is 51.5 Å². The molecule has 1 heterocycles. The molecule has 0 aliphatic rings. The van der Waals surface area contributed by atoms with E-state index in [0.29, 0.717) is 5.01 Å². The quantitative estimate of drug-likeness (QED) is 0.912. The minimum Gasteiger partial charge on any atom is -0.344 e. The Bertz CT molecular complexity index is 637. The first kappa shape index (κ1) is 15.5. The second-order valence-electron chi connectivity index (χ2n) is 4.69. The van der Waals surface area contributed by atoms with E-state index in [1.54, 1.807) is 12.3 Å². The van der Waals surface area contributed by atoms with Crippen LogP contribution in [-0.4, -0.2) is 10.9 Å². The lowest BCUT2D eigenvalue weighted by Crippen LogP contribution is -2.28. The number of benzene rings is 1. The van der Waals surface area contributed by atoms with Crippen LogP contribution in [0.4, 0.5) is 8.78 Å². The molecule has 0 spiro atoms. The number of rotatable bonds is 4. The maximum absolute atomic E-state index is 13.6. The molecule has 0 fully saturated rings. The van der Waals surface area contributed by atoms with Crippen LogP contribution in [0.5, 0.6) is 0 Å². The van der Waals surface area contributed by atoms with Gasteiger partial charge in [0.25, 0.3) is 5.91 Å². The Hall–Kier alpha value is -1.86. The van der Waals surface area contributed by atoms with Crippen LogP contribution < -0.4 is 11.1 Å². The number of aromatic nitrogens is 1. The highest BCUT2D eigenvalue weighted by atomic mass is 32.1. The second kappa shape index (κ2) is 6.28. The summed E-state index contributed by atoms with van der Waals surface area (Å²) in [6.07, 6.45) is 0. The normalized spacial score (nSPS) is 13.8. The number of nitrogens with one attached hydrogen (secondary N) is 1. The molecule has 0 aliphatic heterocycles. The summed E-state index contributed by atoms with van der Waals surface area (Å²) in [5.41, 5.74) is 5.69. The van der Waals surface area contributed by atoms with Crippen molar-refractivity contribution in [3.63, 3.8) is 0 Å². The average Bonchev–Trinajstić information content (AvgIpc) is 2.88. The average molecular weight is 311 g/mol. The molecule has 1 amide bonds. The molecule has 0 radical (unpaired) electrons. The van der Waals surface area contributed by atoms with Gasteiger partial charge in [-0.25, -0.2) is 13.8 Å². The van der Waals surface area contributed by atoms with Gasteiger partial charge >= 0.3 is 0 Å². The van der Waals surface area contributed by atoms with Crippen LogP contribution >= 0.6 is 11.3 Å². The van der Waals surface area contributed by atoms with E-state index in [0.717, 1.165) is 12.1 Å². The van der Waals surface area contributed by atoms with E-state index in [4.69, 9.17) is 5.73 Å². The number of thiazole rings is 1. The third-order valence-corrected chi connectivity index (χ3v) is 3.97. The Balaban J connectivity index is 2.15. The van der Waals surface area contributed by atoms with Crippen molar-refractivity contribution in [2.45, 2.75) is 25.9 Å². The zero-order valence-corrected chi connectivity index (χ0v) is 12.4. The summed E-state index contributed by atoms with van der Waals surface area (Å²) in [6.45, 7) is 3.27. The van der Waals surface area contributed by atoms with Crippen LogP contribution in [0.15, 0.2) is 23.6 Å². The van der Waals surface area contributed by atoms with E-state index in [1.807, 2.05) is 0 Å². The van der Waals surface area contributed by atoms with Crippen LogP contribution in [0.2, 0.25) is 0 Å². The number of carbonyl (C=O) groups excluding carboxylic acids is 1. The molecule has 3 N–H and O–H groups in total. The minimum atomic E-state index is -0.806. The van der Waals surface area contributed by atoms with Crippen molar-refractivity contribution in [3.8, 4) is 0 Å². The molecule has 0 aliphatic carbocycles. The van der Waals surface area contributed by atoms with Crippen LogP contribution in [0.25, 0.3) is 0 Å². The first-order chi connectivity index (χ1) is 9.90. The maximum Gasteiger partial charge on any atom is 0.271 e. The predicted octanol–water partition coefficient (Wildman–Crippen LogP) is 2.93. The van der Waals surface area contributed by atoms with Gasteiger partial charge in [0, 0.05) is 10.9 Å². The van der Waals surface area contributed by atoms with E-state index >= 15 is 0 Å². The maximum atomic E-state index is 13.6. The first-order valence-electron chi connectivity index (χ1n) is 6.36. The van der Waals surface area contributed by atoms with Gasteiger partial charge < -0.3 is 11.1 Å². The molecule has 1 aromatic heterocycles. The zero-order valence-electron chi connectivity index (χ0n) is 11.6. The van der Waals surface area contributed by atoms with Crippen LogP contribution in [0, 0.1) is 11.6 Å². The van der Waals surface area contributed by atoms with Crippen molar-refractivity contribution in [2.75, 3.05) is 0 Å². The Morgan fingerprint density at radius 3 is 2.48 bits per heavy atom. The molecule has 2 atom stereocenters. The van der Waals surface area contributed by atoms with Crippen LogP contribution in [-0.2, 0) is 0 Å². The van der Waals surface area contributed by atoms with E-state index < -0.39 is 23.6 Å². The molecule has 21 heavy (non-hydrogen) atoms. The third-order valence-electron chi connectivity index (χ3n) is 2.92. The van der Waals surface area contributed by atoms with E-state index in [2.05, 4.69) is 10.3 Å². The molecule has 2 rings (SSSR count). The summed E-state index contributed by atoms with van der Waals surface area (Å²) in [5, 5.41) is 4.73. The van der Waals surface area contributed by atoms with Gasteiger partial charge in [0.2, 0.25) is 0 Å². The zero-order chi connectivity index (χ0) is 15.6. The number of hydrogen-bond donors (Lipinski definition) is 2. The Labute approximate surface area is 125 Å². The summed E-state index contributed by atoms with van der Waals surface area (Å²) >= 11 is 1.27. The van der Waals surface area contributed by atoms with Gasteiger partial charge in [0.15, 0.2) is 0 Å². The monoisotopic (exact) mass is 311 g/mol. The lowest BCUT2D eigenvalue weighted by molar-refractivity contribution is 0.0934. The van der Waals surface area contributed by atoms with E-state index in [9.17, 15) is 13.6 Å². The van der Waals surface area contributed by atoms with Gasteiger partial charge in [-0.1, -0.05) is 6.07 Å². The number of halogens is 2. The Morgan fingerprint density at radius 1 is 1.33 bits per heavy atom. The summed E-state index contributed by atoms with van der Waals surface area (Å²) in [7, 11) is 0. The molecular weight excluding hydrogens is 296 g/mol. The fraction of sp³-hybridized carbons (Fsp3) is 0.286. The molecular formula is C14H15F2N3OS. The number of amides is 1. The molecule has 112 valence electrons. The third kappa shape index (κ3) is 3.43. The van der Waals surface area contributed by atoms with Crippen molar-refractivity contribution in [2.24, 2.45) is 5.73 Å². The van der Waals surface area contributed by atoms with Crippen molar-refractivity contribution >= 4 is 17.2 Å². The number of nitrogens with zero attached hydrogens (tertiary/aromatic N) is 1. The van der Waals surface area contributed by atoms with Crippen LogP contribution in [0.1, 0.15) is 47.0 Å². The molecule has 4 nitrogen and oxygen atoms in total. The molecule has 0 saturated carbocycles. The van der Waals surface area contributed by atoms with Gasteiger partial charge in [-0.2, -0.15) is 0 Å². The molecule has 0 saturated heterocycles. The number of carbonyl (C=O) groups is 1. The largest absolute Gasteiger partial charge is 0.344 e. The highest BCUT2D eigenvalue weighted by Crippen LogP contribution is 2.21. The lowest BCUT2D eigenvalue weighted by Gasteiger charge is -2.15. The SMILES string of the molecule is CC(N)c1nc(C(=O)NC(C)c2c(F)cccc2F)cs1. The summed E-state index contributed by atoms with van der Waals surface area (Å²) in [4.78, 5) is 16.1. The van der Waals surface area contributed by atoms with Gasteiger partial charge in [0.1, 0.15) is 22.3 Å². The minimum absolute atomic E-state index is 0.173. The number of hydrogen-bond acceptors (Lipinski definition) is 4. The van der Waals surface area contributed by atoms with Crippen molar-refractivity contribution in [1.82, 2.24) is 10.3 Å². The van der Waals surface area contributed by atoms with E-state index in [1.165, 1.54) is 24.3 Å². The summed E-state index contributed by atoms with van der Waals surface area (Å²) in [5.74, 6) is -1.89. The Kier molecular flexibility index (Phi) is 4.64. The fourth-order valence-corrected chi connectivity index (χ4v) is 2.63. The van der Waals surface area contributed by atoms with Crippen LogP contribution in [0.3, 0.4) is 0 Å². The Morgan fingerprint density at radius 2 is 1.95 bits per heavy atom. The summed E-state index contributed by atoms with van der Waals surface area (Å²) in [6, 6.07) is 2.51. The van der Waals surface area contributed by atoms with E-state index in [-0.39, 0.29) is 17.3 Å². The highest BCUT2D eigenvalue weighted by Gasteiger charge is 2.20. The smallest absolute Gasteiger partial charge is 0.271 e. The molecule has 1 aromatic carbocycles. The molecule has 7 heteroatoms. The standard InChI is InChI=1S/C14H15F2N3OS/c1-7(17)14-19-11(6-21-14)13(20)18-8(2)12-9(15)4-3-5-10(12)16/h3-8H,17H2,1-2H3,(H,18,20). The fourth-order valence-electron chi connectivity index (χ4n) is 1.87. The van der Waals surface area contributed by atoms with Gasteiger partial charge in [-0.3, -0.25) is 4.79 Å². The first-order valence-corrected chi connectivity index (χ1v) is 7.24. The van der Waals surface area contributed by atoms with Gasteiger partial charge in [-0.05, 0) is 26.0 Å². The van der Waals surface area contributed by atoms with Gasteiger partial charge in [0.05, 0.1) is 12.1 Å². The molecule has 2 aromatic rings. The predicted molar refractivity (Wildman–Crippen MR) is 77.0 cm³/mol. The lowest BCUT2D eigenvalue weighted by atomic mass is 10.1. The highest BCUT2D eigenvalue weighted by molar-refractivity contribution is 7.09. The van der Waals surface area contributed by atoms with Crippen molar-refractivity contribution in [1.29, 1.82) is 0 Å². The second-order valence-corrected chi connectivity index (χ2v) is 5.58. The molecule has 2 unspecified atom stereocenters. The summed E-state index contributed by atoms with van der Waals surface area (Å²) < 4.78 is 27.3. The van der Waals surface area contributed by atoms with Gasteiger partial charge in [-0.15, -0.1) is 11.3 Å².